The summed E-state index contributed by atoms with van der Waals surface area (Å²) in [5.41, 5.74) is 2.44. The van der Waals surface area contributed by atoms with E-state index >= 15 is 0 Å². The SMILES string of the molecule is CC1=C(C(=O)Nc2ccccc2)C(c2cccs2)n2c(s/c(=C/c3ccc(-c4ccc(Br)cc4)o3)c2=O)=N1. The van der Waals surface area contributed by atoms with Crippen molar-refractivity contribution in [1.29, 1.82) is 0 Å². The topological polar surface area (TPSA) is 76.6 Å². The molecule has 1 aliphatic heterocycles. The Morgan fingerprint density at radius 1 is 1.05 bits per heavy atom. The fourth-order valence-corrected chi connectivity index (χ4v) is 6.49. The lowest BCUT2D eigenvalue weighted by Crippen LogP contribution is -2.40. The molecule has 1 N–H and O–H groups in total. The van der Waals surface area contributed by atoms with Crippen LogP contribution in [0.2, 0.25) is 0 Å². The van der Waals surface area contributed by atoms with Crippen molar-refractivity contribution in [2.75, 3.05) is 5.32 Å². The van der Waals surface area contributed by atoms with Crippen LogP contribution in [0.1, 0.15) is 23.6 Å². The number of nitrogens with one attached hydrogen (secondary N) is 1. The van der Waals surface area contributed by atoms with Gasteiger partial charge in [-0.3, -0.25) is 14.2 Å². The predicted octanol–water partition coefficient (Wildman–Crippen LogP) is 5.96. The number of thiophene rings is 1. The normalized spacial score (nSPS) is 15.3. The standard InChI is InChI=1S/C29H20BrN3O3S2/c1-17-25(27(34)32-20-6-3-2-4-7-20)26(23-8-5-15-37-23)33-28(35)24(38-29(33)31-17)16-21-13-14-22(36-21)18-9-11-19(30)12-10-18/h2-16,26H,1H3,(H,32,34)/b24-16+. The second kappa shape index (κ2) is 10.2. The number of allylic oxidation sites excluding steroid dienone is 1. The number of rotatable bonds is 5. The molecule has 0 radical (unpaired) electrons. The number of carbonyl (C=O) groups excluding carboxylic acids is 1. The van der Waals surface area contributed by atoms with Gasteiger partial charge in [-0.05, 0) is 54.8 Å². The number of para-hydroxylation sites is 1. The first-order valence-electron chi connectivity index (χ1n) is 11.8. The second-order valence-corrected chi connectivity index (χ2v) is 11.5. The van der Waals surface area contributed by atoms with Gasteiger partial charge >= 0.3 is 0 Å². The van der Waals surface area contributed by atoms with E-state index in [1.807, 2.05) is 91.2 Å². The fourth-order valence-electron chi connectivity index (χ4n) is 4.38. The molecule has 3 aromatic heterocycles. The van der Waals surface area contributed by atoms with E-state index in [-0.39, 0.29) is 11.5 Å². The van der Waals surface area contributed by atoms with Gasteiger partial charge in [0.2, 0.25) is 0 Å². The van der Waals surface area contributed by atoms with E-state index in [9.17, 15) is 9.59 Å². The lowest BCUT2D eigenvalue weighted by molar-refractivity contribution is -0.113. The zero-order valence-corrected chi connectivity index (χ0v) is 23.3. The molecule has 6 rings (SSSR count). The number of hydrogen-bond acceptors (Lipinski definition) is 6. The molecule has 38 heavy (non-hydrogen) atoms. The highest BCUT2D eigenvalue weighted by molar-refractivity contribution is 9.10. The molecule has 1 aliphatic rings. The number of hydrogen-bond donors (Lipinski definition) is 1. The summed E-state index contributed by atoms with van der Waals surface area (Å²) in [5.74, 6) is 0.998. The smallest absolute Gasteiger partial charge is 0.271 e. The summed E-state index contributed by atoms with van der Waals surface area (Å²) in [6, 6.07) is 24.1. The van der Waals surface area contributed by atoms with Crippen molar-refractivity contribution in [2.45, 2.75) is 13.0 Å². The van der Waals surface area contributed by atoms with Crippen molar-refractivity contribution < 1.29 is 9.21 Å². The molecule has 0 bridgehead atoms. The Hall–Kier alpha value is -3.79. The molecule has 2 aromatic carbocycles. The van der Waals surface area contributed by atoms with E-state index in [4.69, 9.17) is 4.42 Å². The van der Waals surface area contributed by atoms with Gasteiger partial charge in [0.25, 0.3) is 11.5 Å². The lowest BCUT2D eigenvalue weighted by Gasteiger charge is -2.24. The molecule has 1 amide bonds. The zero-order valence-electron chi connectivity index (χ0n) is 20.1. The van der Waals surface area contributed by atoms with Crippen molar-refractivity contribution in [3.05, 3.63) is 130 Å². The molecule has 0 saturated heterocycles. The van der Waals surface area contributed by atoms with Gasteiger partial charge < -0.3 is 9.73 Å². The van der Waals surface area contributed by atoms with Crippen LogP contribution in [0.25, 0.3) is 17.4 Å². The Labute approximate surface area is 234 Å². The molecule has 188 valence electrons. The molecule has 6 nitrogen and oxygen atoms in total. The third-order valence-corrected chi connectivity index (χ3v) is 8.58. The van der Waals surface area contributed by atoms with Gasteiger partial charge in [-0.1, -0.05) is 63.7 Å². The third kappa shape index (κ3) is 4.64. The van der Waals surface area contributed by atoms with Crippen molar-refractivity contribution in [3.8, 4) is 11.3 Å². The third-order valence-electron chi connectivity index (χ3n) is 6.14. The van der Waals surface area contributed by atoms with E-state index in [0.29, 0.717) is 37.8 Å². The maximum atomic E-state index is 13.8. The van der Waals surface area contributed by atoms with Crippen LogP contribution in [0.3, 0.4) is 0 Å². The summed E-state index contributed by atoms with van der Waals surface area (Å²) in [4.78, 5) is 33.4. The average Bonchev–Trinajstić information content (AvgIpc) is 3.66. The number of amides is 1. The predicted molar refractivity (Wildman–Crippen MR) is 155 cm³/mol. The highest BCUT2D eigenvalue weighted by atomic mass is 79.9. The Morgan fingerprint density at radius 2 is 1.84 bits per heavy atom. The van der Waals surface area contributed by atoms with Crippen LogP contribution in [-0.2, 0) is 4.79 Å². The van der Waals surface area contributed by atoms with Crippen LogP contribution in [-0.4, -0.2) is 10.5 Å². The van der Waals surface area contributed by atoms with Gasteiger partial charge in [-0.15, -0.1) is 11.3 Å². The monoisotopic (exact) mass is 601 g/mol. The van der Waals surface area contributed by atoms with E-state index in [1.165, 1.54) is 22.7 Å². The van der Waals surface area contributed by atoms with Gasteiger partial charge in [0.15, 0.2) is 4.80 Å². The highest BCUT2D eigenvalue weighted by Gasteiger charge is 2.33. The minimum absolute atomic E-state index is 0.216. The van der Waals surface area contributed by atoms with Crippen molar-refractivity contribution in [3.63, 3.8) is 0 Å². The molecule has 0 aliphatic carbocycles. The molecule has 0 saturated carbocycles. The van der Waals surface area contributed by atoms with E-state index in [2.05, 4.69) is 26.2 Å². The number of furan rings is 1. The lowest BCUT2D eigenvalue weighted by atomic mass is 10.0. The Balaban J connectivity index is 1.42. The number of anilines is 1. The summed E-state index contributed by atoms with van der Waals surface area (Å²) >= 11 is 6.24. The minimum atomic E-state index is -0.577. The van der Waals surface area contributed by atoms with Crippen LogP contribution >= 0.6 is 38.6 Å². The minimum Gasteiger partial charge on any atom is -0.457 e. The van der Waals surface area contributed by atoms with Crippen molar-refractivity contribution >= 4 is 56.3 Å². The first-order chi connectivity index (χ1) is 18.5. The van der Waals surface area contributed by atoms with Crippen LogP contribution in [0.4, 0.5) is 5.69 Å². The van der Waals surface area contributed by atoms with Crippen molar-refractivity contribution in [1.82, 2.24) is 4.57 Å². The fraction of sp³-hybridized carbons (Fsp3) is 0.0690. The zero-order chi connectivity index (χ0) is 26.2. The first-order valence-corrected chi connectivity index (χ1v) is 14.2. The Kier molecular flexibility index (Phi) is 6.57. The summed E-state index contributed by atoms with van der Waals surface area (Å²) in [6.07, 6.45) is 1.74. The quantitative estimate of drug-likeness (QED) is 0.270. The molecule has 0 fully saturated rings. The first kappa shape index (κ1) is 24.5. The molecular formula is C29H20BrN3O3S2. The van der Waals surface area contributed by atoms with Crippen LogP contribution < -0.4 is 20.2 Å². The Morgan fingerprint density at radius 3 is 2.58 bits per heavy atom. The van der Waals surface area contributed by atoms with Crippen LogP contribution in [0.15, 0.2) is 114 Å². The molecule has 1 atom stereocenters. The second-order valence-electron chi connectivity index (χ2n) is 8.63. The van der Waals surface area contributed by atoms with Crippen molar-refractivity contribution in [2.24, 2.45) is 4.99 Å². The number of thiazole rings is 1. The van der Waals surface area contributed by atoms with Gasteiger partial charge in [-0.25, -0.2) is 4.99 Å². The van der Waals surface area contributed by atoms with Gasteiger partial charge in [0.1, 0.15) is 17.6 Å². The van der Waals surface area contributed by atoms with Gasteiger partial charge in [0.05, 0.1) is 15.8 Å². The maximum Gasteiger partial charge on any atom is 0.271 e. The molecule has 0 spiro atoms. The van der Waals surface area contributed by atoms with E-state index in [1.54, 1.807) is 10.6 Å². The van der Waals surface area contributed by atoms with Crippen LogP contribution in [0.5, 0.6) is 0 Å². The summed E-state index contributed by atoms with van der Waals surface area (Å²) in [6.45, 7) is 1.81. The maximum absolute atomic E-state index is 13.8. The number of carbonyl (C=O) groups is 1. The largest absolute Gasteiger partial charge is 0.457 e. The van der Waals surface area contributed by atoms with Gasteiger partial charge in [0, 0.05) is 26.7 Å². The molecule has 9 heteroatoms. The molecule has 1 unspecified atom stereocenters. The number of fused-ring (bicyclic) bond motifs is 1. The van der Waals surface area contributed by atoms with Crippen LogP contribution in [0, 0.1) is 0 Å². The number of aromatic nitrogens is 1. The van der Waals surface area contributed by atoms with E-state index in [0.717, 1.165) is 14.9 Å². The highest BCUT2D eigenvalue weighted by Crippen LogP contribution is 2.33. The molecule has 5 aromatic rings. The molecular weight excluding hydrogens is 582 g/mol. The number of benzene rings is 2. The van der Waals surface area contributed by atoms with Gasteiger partial charge in [-0.2, -0.15) is 0 Å². The summed E-state index contributed by atoms with van der Waals surface area (Å²) < 4.78 is 9.12. The summed E-state index contributed by atoms with van der Waals surface area (Å²) in [7, 11) is 0. The Bertz CT molecular complexity index is 1850. The molecule has 4 heterocycles. The van der Waals surface area contributed by atoms with E-state index < -0.39 is 6.04 Å². The number of halogens is 1. The average molecular weight is 603 g/mol. The summed E-state index contributed by atoms with van der Waals surface area (Å²) in [5, 5.41) is 4.91. The number of nitrogens with zero attached hydrogens (tertiary/aromatic N) is 2.